The van der Waals surface area contributed by atoms with Crippen LogP contribution >= 0.6 is 0 Å². The van der Waals surface area contributed by atoms with Crippen molar-refractivity contribution in [3.05, 3.63) is 72.3 Å². The van der Waals surface area contributed by atoms with E-state index < -0.39 is 27.4 Å². The number of anilines is 1. The molecule has 0 radical (unpaired) electrons. The monoisotopic (exact) mass is 534 g/mol. The third-order valence-corrected chi connectivity index (χ3v) is 9.44. The van der Waals surface area contributed by atoms with Gasteiger partial charge in [-0.2, -0.15) is 4.31 Å². The number of aliphatic carboxylic acids is 1. The highest BCUT2D eigenvalue weighted by atomic mass is 32.2. The van der Waals surface area contributed by atoms with E-state index >= 15 is 0 Å². The number of amides is 1. The van der Waals surface area contributed by atoms with E-state index in [1.807, 2.05) is 42.5 Å². The lowest BCUT2D eigenvalue weighted by Gasteiger charge is -2.21. The maximum absolute atomic E-state index is 13.3. The first-order valence-corrected chi connectivity index (χ1v) is 13.9. The fraction of sp³-hybridized carbons (Fsp3) is 0.286. The van der Waals surface area contributed by atoms with E-state index in [2.05, 4.69) is 5.32 Å². The maximum Gasteiger partial charge on any atom is 0.322 e. The second-order valence-electron chi connectivity index (χ2n) is 9.82. The number of fused-ring (bicyclic) bond motifs is 1. The molecule has 0 aromatic heterocycles. The topological polar surface area (TPSA) is 122 Å². The van der Waals surface area contributed by atoms with E-state index in [4.69, 9.17) is 9.47 Å². The zero-order chi connectivity index (χ0) is 26.5. The molecular weight excluding hydrogens is 508 g/mol. The van der Waals surface area contributed by atoms with Crippen molar-refractivity contribution >= 4 is 27.6 Å². The Labute approximate surface area is 220 Å². The molecule has 3 aromatic rings. The lowest BCUT2D eigenvalue weighted by Crippen LogP contribution is -2.40. The summed E-state index contributed by atoms with van der Waals surface area (Å²) in [4.78, 5) is 24.8. The normalized spacial score (nSPS) is 19.7. The van der Waals surface area contributed by atoms with Crippen molar-refractivity contribution in [1.82, 2.24) is 4.31 Å². The van der Waals surface area contributed by atoms with Crippen molar-refractivity contribution in [3.63, 3.8) is 0 Å². The lowest BCUT2D eigenvalue weighted by atomic mass is 9.94. The molecule has 38 heavy (non-hydrogen) atoms. The second-order valence-corrected chi connectivity index (χ2v) is 11.7. The summed E-state index contributed by atoms with van der Waals surface area (Å²) < 4.78 is 38.0. The minimum Gasteiger partial charge on any atom is -0.480 e. The first-order chi connectivity index (χ1) is 18.3. The van der Waals surface area contributed by atoms with Gasteiger partial charge in [-0.05, 0) is 78.8 Å². The van der Waals surface area contributed by atoms with E-state index in [1.54, 1.807) is 12.1 Å². The number of carbonyl (C=O) groups excluding carboxylic acids is 1. The molecule has 6 rings (SSSR count). The predicted octanol–water partition coefficient (Wildman–Crippen LogP) is 3.99. The van der Waals surface area contributed by atoms with Crippen LogP contribution in [0.5, 0.6) is 11.5 Å². The molecule has 2 fully saturated rings. The summed E-state index contributed by atoms with van der Waals surface area (Å²) in [6.45, 7) is 0.370. The van der Waals surface area contributed by atoms with Crippen LogP contribution in [0.1, 0.15) is 31.2 Å². The van der Waals surface area contributed by atoms with Crippen molar-refractivity contribution in [2.75, 3.05) is 18.7 Å². The highest BCUT2D eigenvalue weighted by molar-refractivity contribution is 7.89. The van der Waals surface area contributed by atoms with Crippen LogP contribution < -0.4 is 14.8 Å². The van der Waals surface area contributed by atoms with E-state index in [-0.39, 0.29) is 24.1 Å². The van der Waals surface area contributed by atoms with Gasteiger partial charge in [0.1, 0.15) is 6.04 Å². The summed E-state index contributed by atoms with van der Waals surface area (Å²) in [5.41, 5.74) is 2.52. The van der Waals surface area contributed by atoms with Crippen LogP contribution in [0.4, 0.5) is 5.69 Å². The Morgan fingerprint density at radius 2 is 1.71 bits per heavy atom. The van der Waals surface area contributed by atoms with Crippen LogP contribution in [0.3, 0.4) is 0 Å². The van der Waals surface area contributed by atoms with Gasteiger partial charge in [0.2, 0.25) is 22.7 Å². The third kappa shape index (κ3) is 4.19. The van der Waals surface area contributed by atoms with Gasteiger partial charge in [0.05, 0.1) is 10.3 Å². The molecule has 1 saturated carbocycles. The maximum atomic E-state index is 13.3. The fourth-order valence-corrected chi connectivity index (χ4v) is 6.87. The number of carboxylic acid groups (broad SMARTS) is 1. The average Bonchev–Trinajstić information content (AvgIpc) is 3.33. The van der Waals surface area contributed by atoms with E-state index in [0.717, 1.165) is 33.8 Å². The summed E-state index contributed by atoms with van der Waals surface area (Å²) in [6, 6.07) is 18.3. The number of carbonyl (C=O) groups is 2. The number of benzene rings is 3. The average molecular weight is 535 g/mol. The van der Waals surface area contributed by atoms with Gasteiger partial charge in [0.25, 0.3) is 0 Å². The Morgan fingerprint density at radius 3 is 2.45 bits per heavy atom. The van der Waals surface area contributed by atoms with E-state index in [1.165, 1.54) is 12.1 Å². The van der Waals surface area contributed by atoms with Gasteiger partial charge in [-0.3, -0.25) is 9.59 Å². The molecule has 9 nitrogen and oxygen atoms in total. The minimum absolute atomic E-state index is 0.0539. The van der Waals surface area contributed by atoms with Gasteiger partial charge in [-0.15, -0.1) is 0 Å². The number of sulfonamides is 1. The first-order valence-electron chi connectivity index (χ1n) is 12.4. The Hall–Kier alpha value is -3.89. The number of ether oxygens (including phenoxy) is 2. The summed E-state index contributed by atoms with van der Waals surface area (Å²) in [7, 11) is -3.92. The molecule has 3 aromatic carbocycles. The van der Waals surface area contributed by atoms with Gasteiger partial charge < -0.3 is 19.9 Å². The molecule has 2 aliphatic heterocycles. The van der Waals surface area contributed by atoms with Gasteiger partial charge in [-0.1, -0.05) is 30.3 Å². The highest BCUT2D eigenvalue weighted by Gasteiger charge is 2.51. The van der Waals surface area contributed by atoms with Gasteiger partial charge >= 0.3 is 5.97 Å². The van der Waals surface area contributed by atoms with E-state index in [9.17, 15) is 23.1 Å². The molecule has 3 aliphatic rings. The quantitative estimate of drug-likeness (QED) is 0.470. The molecule has 0 spiro atoms. The van der Waals surface area contributed by atoms with Gasteiger partial charge in [-0.25, -0.2) is 8.42 Å². The number of hydrogen-bond donors (Lipinski definition) is 2. The van der Waals surface area contributed by atoms with Crippen molar-refractivity contribution in [1.29, 1.82) is 0 Å². The number of hydrogen-bond acceptors (Lipinski definition) is 6. The van der Waals surface area contributed by atoms with Crippen molar-refractivity contribution < 1.29 is 32.6 Å². The number of rotatable bonds is 7. The van der Waals surface area contributed by atoms with Gasteiger partial charge in [0, 0.05) is 12.2 Å². The molecule has 0 unspecified atom stereocenters. The zero-order valence-corrected chi connectivity index (χ0v) is 21.2. The predicted molar refractivity (Wildman–Crippen MR) is 139 cm³/mol. The molecule has 196 valence electrons. The summed E-state index contributed by atoms with van der Waals surface area (Å²) in [5.74, 6) is 0.109. The summed E-state index contributed by atoms with van der Waals surface area (Å²) in [6.07, 6.45) is 2.31. The second kappa shape index (κ2) is 9.14. The molecular formula is C28H26N2O7S. The van der Waals surface area contributed by atoms with Crippen LogP contribution in [-0.4, -0.2) is 49.1 Å². The van der Waals surface area contributed by atoms with Crippen LogP contribution in [0, 0.1) is 0 Å². The van der Waals surface area contributed by atoms with Gasteiger partial charge in [0.15, 0.2) is 11.5 Å². The smallest absolute Gasteiger partial charge is 0.322 e. The fourth-order valence-electron chi connectivity index (χ4n) is 5.22. The molecule has 1 saturated heterocycles. The molecule has 10 heteroatoms. The molecule has 0 bridgehead atoms. The standard InChI is InChI=1S/C28H26N2O7S/c31-26(32)23-5-2-14-30(23)38(34,35)22-9-6-18(7-10-22)19-3-1-4-21(15-19)29-27(33)28(12-13-28)20-8-11-24-25(16-20)37-17-36-24/h1,3-4,6-11,15-16,23H,2,5,12-14,17H2,(H,29,33)(H,31,32)/t23-/m0/s1. The largest absolute Gasteiger partial charge is 0.480 e. The molecule has 1 atom stereocenters. The molecule has 1 amide bonds. The van der Waals surface area contributed by atoms with E-state index in [0.29, 0.717) is 30.0 Å². The van der Waals surface area contributed by atoms with Crippen LogP contribution in [0.15, 0.2) is 71.6 Å². The highest BCUT2D eigenvalue weighted by Crippen LogP contribution is 2.51. The molecule has 1 aliphatic carbocycles. The Morgan fingerprint density at radius 1 is 0.947 bits per heavy atom. The summed E-state index contributed by atoms with van der Waals surface area (Å²) in [5, 5.41) is 12.4. The summed E-state index contributed by atoms with van der Waals surface area (Å²) >= 11 is 0. The lowest BCUT2D eigenvalue weighted by molar-refractivity contribution is -0.140. The Bertz CT molecular complexity index is 1530. The van der Waals surface area contributed by atoms with Crippen LogP contribution in [0.25, 0.3) is 11.1 Å². The molecule has 2 N–H and O–H groups in total. The van der Waals surface area contributed by atoms with Crippen molar-refractivity contribution in [2.45, 2.75) is 42.0 Å². The third-order valence-electron chi connectivity index (χ3n) is 7.51. The minimum atomic E-state index is -3.92. The molecule has 2 heterocycles. The number of nitrogens with zero attached hydrogens (tertiary/aromatic N) is 1. The van der Waals surface area contributed by atoms with Crippen molar-refractivity contribution in [2.24, 2.45) is 0 Å². The van der Waals surface area contributed by atoms with Crippen LogP contribution in [0.2, 0.25) is 0 Å². The SMILES string of the molecule is O=C(O)[C@@H]1CCCN1S(=O)(=O)c1ccc(-c2cccc(NC(=O)C3(c4ccc5c(c4)OCO5)CC3)c2)cc1. The van der Waals surface area contributed by atoms with Crippen LogP contribution in [-0.2, 0) is 25.0 Å². The number of carboxylic acids is 1. The first kappa shape index (κ1) is 24.4. The van der Waals surface area contributed by atoms with Crippen molar-refractivity contribution in [3.8, 4) is 22.6 Å². The Balaban J connectivity index is 1.19. The Kier molecular flexibility index (Phi) is 5.88. The zero-order valence-electron chi connectivity index (χ0n) is 20.4. The number of nitrogens with one attached hydrogen (secondary N) is 1.